The van der Waals surface area contributed by atoms with Crippen molar-refractivity contribution in [3.8, 4) is 0 Å². The minimum Gasteiger partial charge on any atom is -0.389 e. The summed E-state index contributed by atoms with van der Waals surface area (Å²) in [5.41, 5.74) is -0.156. The number of likely N-dealkylation sites (tertiary alicyclic amines) is 1. The Hall–Kier alpha value is -0.120. The molecule has 1 aliphatic heterocycles. The molecule has 0 radical (unpaired) electrons. The third-order valence-corrected chi connectivity index (χ3v) is 1.92. The molecule has 3 heteroatoms. The minimum absolute atomic E-state index is 0.0185. The highest BCUT2D eigenvalue weighted by molar-refractivity contribution is 4.84. The second-order valence-electron chi connectivity index (χ2n) is 4.56. The fourth-order valence-corrected chi connectivity index (χ4v) is 1.51. The monoisotopic (exact) mass is 173 g/mol. The lowest BCUT2D eigenvalue weighted by Crippen LogP contribution is -2.35. The normalized spacial score (nSPS) is 32.8. The molecule has 1 fully saturated rings. The number of nitrogens with zero attached hydrogens (tertiary/aromatic N) is 1. The molecule has 2 atom stereocenters. The summed E-state index contributed by atoms with van der Waals surface area (Å²) in [6, 6.07) is 0. The number of β-amino-alcohol motifs (C(OH)–C–C–N with tert-alkyl or cyclic N) is 1. The first-order valence-electron chi connectivity index (χ1n) is 4.43. The lowest BCUT2D eigenvalue weighted by atomic mass is 10.1. The topological polar surface area (TPSA) is 32.7 Å². The summed E-state index contributed by atoms with van der Waals surface area (Å²) in [5, 5.41) is 9.56. The average molecular weight is 173 g/mol. The summed E-state index contributed by atoms with van der Waals surface area (Å²) in [4.78, 5) is 2.08. The van der Waals surface area contributed by atoms with E-state index in [1.807, 2.05) is 27.8 Å². The van der Waals surface area contributed by atoms with Gasteiger partial charge in [-0.1, -0.05) is 0 Å². The first kappa shape index (κ1) is 9.96. The van der Waals surface area contributed by atoms with Crippen LogP contribution in [-0.2, 0) is 4.74 Å². The number of hydrogen-bond donors (Lipinski definition) is 1. The highest BCUT2D eigenvalue weighted by Crippen LogP contribution is 2.18. The quantitative estimate of drug-likeness (QED) is 0.626. The van der Waals surface area contributed by atoms with Crippen molar-refractivity contribution < 1.29 is 9.84 Å². The molecule has 1 heterocycles. The van der Waals surface area contributed by atoms with Crippen LogP contribution in [0.5, 0.6) is 0 Å². The van der Waals surface area contributed by atoms with Crippen LogP contribution >= 0.6 is 0 Å². The van der Waals surface area contributed by atoms with E-state index in [1.165, 1.54) is 0 Å². The van der Waals surface area contributed by atoms with Crippen molar-refractivity contribution in [3.63, 3.8) is 0 Å². The summed E-state index contributed by atoms with van der Waals surface area (Å²) in [6.45, 7) is 7.59. The van der Waals surface area contributed by atoms with Gasteiger partial charge in [-0.25, -0.2) is 0 Å². The van der Waals surface area contributed by atoms with Gasteiger partial charge >= 0.3 is 0 Å². The van der Waals surface area contributed by atoms with E-state index in [0.29, 0.717) is 0 Å². The van der Waals surface area contributed by atoms with Crippen molar-refractivity contribution in [2.24, 2.45) is 0 Å². The van der Waals surface area contributed by atoms with Gasteiger partial charge in [0.2, 0.25) is 0 Å². The number of aliphatic hydroxyl groups is 1. The van der Waals surface area contributed by atoms with E-state index in [1.54, 1.807) is 0 Å². The van der Waals surface area contributed by atoms with Crippen LogP contribution in [0.2, 0.25) is 0 Å². The fourth-order valence-electron chi connectivity index (χ4n) is 1.51. The van der Waals surface area contributed by atoms with Gasteiger partial charge in [-0.05, 0) is 27.8 Å². The molecule has 0 spiro atoms. The smallest absolute Gasteiger partial charge is 0.0979 e. The average Bonchev–Trinajstić information content (AvgIpc) is 2.06. The SMILES string of the molecule is CN1C[C@@H](O)[C@@H](OC(C)(C)C)C1. The Balaban J connectivity index is 2.43. The summed E-state index contributed by atoms with van der Waals surface area (Å²) in [5.74, 6) is 0. The van der Waals surface area contributed by atoms with Crippen molar-refractivity contribution in [1.82, 2.24) is 4.90 Å². The molecule has 12 heavy (non-hydrogen) atoms. The molecule has 1 N–H and O–H groups in total. The molecular formula is C9H19NO2. The van der Waals surface area contributed by atoms with Gasteiger partial charge in [-0.3, -0.25) is 0 Å². The van der Waals surface area contributed by atoms with Crippen LogP contribution in [-0.4, -0.2) is 48.0 Å². The molecule has 0 aromatic carbocycles. The maximum atomic E-state index is 9.56. The first-order valence-corrected chi connectivity index (χ1v) is 4.43. The van der Waals surface area contributed by atoms with E-state index >= 15 is 0 Å². The van der Waals surface area contributed by atoms with Gasteiger partial charge in [0.25, 0.3) is 0 Å². The Bertz CT molecular complexity index is 153. The van der Waals surface area contributed by atoms with E-state index in [2.05, 4.69) is 4.90 Å². The van der Waals surface area contributed by atoms with Crippen molar-refractivity contribution in [2.45, 2.75) is 38.6 Å². The van der Waals surface area contributed by atoms with Crippen LogP contribution in [0, 0.1) is 0 Å². The molecule has 0 bridgehead atoms. The lowest BCUT2D eigenvalue weighted by Gasteiger charge is -2.26. The number of ether oxygens (including phenoxy) is 1. The standard InChI is InChI=1S/C9H19NO2/c1-9(2,3)12-8-6-10(4)5-7(8)11/h7-8,11H,5-6H2,1-4H3/t7-,8+/m1/s1. The van der Waals surface area contributed by atoms with Crippen molar-refractivity contribution in [3.05, 3.63) is 0 Å². The van der Waals surface area contributed by atoms with E-state index in [0.717, 1.165) is 13.1 Å². The van der Waals surface area contributed by atoms with Crippen molar-refractivity contribution in [2.75, 3.05) is 20.1 Å². The second-order valence-corrected chi connectivity index (χ2v) is 4.56. The highest BCUT2D eigenvalue weighted by Gasteiger charge is 2.32. The third-order valence-electron chi connectivity index (χ3n) is 1.92. The number of aliphatic hydroxyl groups excluding tert-OH is 1. The van der Waals surface area contributed by atoms with Gasteiger partial charge in [0.15, 0.2) is 0 Å². The zero-order valence-electron chi connectivity index (χ0n) is 8.37. The molecule has 0 saturated carbocycles. The Morgan fingerprint density at radius 1 is 1.33 bits per heavy atom. The van der Waals surface area contributed by atoms with E-state index in [9.17, 15) is 5.11 Å². The van der Waals surface area contributed by atoms with Crippen LogP contribution in [0.25, 0.3) is 0 Å². The van der Waals surface area contributed by atoms with E-state index in [-0.39, 0.29) is 17.8 Å². The van der Waals surface area contributed by atoms with Gasteiger partial charge in [-0.2, -0.15) is 0 Å². The maximum Gasteiger partial charge on any atom is 0.0979 e. The van der Waals surface area contributed by atoms with E-state index in [4.69, 9.17) is 4.74 Å². The maximum absolute atomic E-state index is 9.56. The lowest BCUT2D eigenvalue weighted by molar-refractivity contribution is -0.0907. The van der Waals surface area contributed by atoms with Crippen molar-refractivity contribution >= 4 is 0 Å². The fraction of sp³-hybridized carbons (Fsp3) is 1.00. The van der Waals surface area contributed by atoms with Gasteiger partial charge < -0.3 is 14.7 Å². The van der Waals surface area contributed by atoms with Gasteiger partial charge in [-0.15, -0.1) is 0 Å². The molecule has 0 unspecified atom stereocenters. The third kappa shape index (κ3) is 2.73. The van der Waals surface area contributed by atoms with Crippen LogP contribution in [0.15, 0.2) is 0 Å². The molecule has 1 rings (SSSR count). The highest BCUT2D eigenvalue weighted by atomic mass is 16.5. The number of hydrogen-bond acceptors (Lipinski definition) is 3. The Labute approximate surface area is 74.3 Å². The number of rotatable bonds is 1. The van der Waals surface area contributed by atoms with Crippen LogP contribution in [0.4, 0.5) is 0 Å². The molecule has 1 saturated heterocycles. The van der Waals surface area contributed by atoms with Crippen molar-refractivity contribution in [1.29, 1.82) is 0 Å². The summed E-state index contributed by atoms with van der Waals surface area (Å²) in [6.07, 6.45) is -0.343. The van der Waals surface area contributed by atoms with E-state index < -0.39 is 0 Å². The Morgan fingerprint density at radius 3 is 2.25 bits per heavy atom. The molecule has 1 aliphatic rings. The van der Waals surface area contributed by atoms with Crippen LogP contribution in [0.3, 0.4) is 0 Å². The molecule has 0 aromatic heterocycles. The molecule has 0 amide bonds. The minimum atomic E-state index is -0.325. The molecule has 3 nitrogen and oxygen atoms in total. The predicted molar refractivity (Wildman–Crippen MR) is 48.1 cm³/mol. The van der Waals surface area contributed by atoms with Crippen LogP contribution < -0.4 is 0 Å². The first-order chi connectivity index (χ1) is 5.38. The Kier molecular flexibility index (Phi) is 2.76. The van der Waals surface area contributed by atoms with Gasteiger partial charge in [0.1, 0.15) is 0 Å². The number of likely N-dealkylation sites (N-methyl/N-ethyl adjacent to an activating group) is 1. The molecule has 72 valence electrons. The molecule has 0 aromatic rings. The molecular weight excluding hydrogens is 154 g/mol. The van der Waals surface area contributed by atoms with Crippen LogP contribution in [0.1, 0.15) is 20.8 Å². The summed E-state index contributed by atoms with van der Waals surface area (Å²) < 4.78 is 5.69. The van der Waals surface area contributed by atoms with Gasteiger partial charge in [0, 0.05) is 13.1 Å². The molecule has 0 aliphatic carbocycles. The van der Waals surface area contributed by atoms with Gasteiger partial charge in [0.05, 0.1) is 17.8 Å². The second kappa shape index (κ2) is 3.32. The largest absolute Gasteiger partial charge is 0.389 e. The zero-order valence-corrected chi connectivity index (χ0v) is 8.37. The Morgan fingerprint density at radius 2 is 1.92 bits per heavy atom. The predicted octanol–water partition coefficient (Wildman–Crippen LogP) is 0.476. The summed E-state index contributed by atoms with van der Waals surface area (Å²) in [7, 11) is 2.00. The zero-order chi connectivity index (χ0) is 9.35. The summed E-state index contributed by atoms with van der Waals surface area (Å²) >= 11 is 0.